The first kappa shape index (κ1) is 9.41. The summed E-state index contributed by atoms with van der Waals surface area (Å²) in [7, 11) is 0. The van der Waals surface area contributed by atoms with Crippen LogP contribution in [0.4, 0.5) is 0 Å². The molecule has 0 heterocycles. The zero-order valence-corrected chi connectivity index (χ0v) is 9.14. The van der Waals surface area contributed by atoms with Crippen molar-refractivity contribution in [3.05, 3.63) is 77.4 Å². The van der Waals surface area contributed by atoms with E-state index in [2.05, 4.69) is 66.7 Å². The van der Waals surface area contributed by atoms with Gasteiger partial charge in [-0.05, 0) is 17.5 Å². The molecule has 0 nitrogen and oxygen atoms in total. The van der Waals surface area contributed by atoms with E-state index in [1.807, 2.05) is 0 Å². The summed E-state index contributed by atoms with van der Waals surface area (Å²) in [6, 6.07) is 21.3. The molecule has 0 heteroatoms. The van der Waals surface area contributed by atoms with Crippen molar-refractivity contribution in [2.45, 2.75) is 12.3 Å². The fourth-order valence-corrected chi connectivity index (χ4v) is 2.12. The molecule has 0 saturated heterocycles. The van der Waals surface area contributed by atoms with E-state index >= 15 is 0 Å². The molecular weight excluding hydrogens is 192 g/mol. The van der Waals surface area contributed by atoms with E-state index in [1.165, 1.54) is 17.5 Å². The second kappa shape index (κ2) is 3.97. The molecule has 1 aliphatic rings. The molecule has 3 rings (SSSR count). The van der Waals surface area contributed by atoms with Gasteiger partial charge >= 0.3 is 0 Å². The van der Waals surface area contributed by atoms with Crippen molar-refractivity contribution >= 4 is 6.08 Å². The molecule has 2 aromatic carbocycles. The molecule has 16 heavy (non-hydrogen) atoms. The number of rotatable bonds is 2. The standard InChI is InChI=1S/C16H14/c1-3-7-13(8-4-1)11-15-12-16(15)14-9-5-2-6-10-14/h1-11,16H,12H2/b15-11+. The highest BCUT2D eigenvalue weighted by atomic mass is 14.3. The van der Waals surface area contributed by atoms with Crippen LogP contribution in [0.25, 0.3) is 6.08 Å². The summed E-state index contributed by atoms with van der Waals surface area (Å²) in [5.41, 5.74) is 4.32. The summed E-state index contributed by atoms with van der Waals surface area (Å²) in [6.07, 6.45) is 3.54. The Hall–Kier alpha value is -1.82. The molecule has 0 spiro atoms. The lowest BCUT2D eigenvalue weighted by molar-refractivity contribution is 1.16. The minimum Gasteiger partial charge on any atom is -0.0622 e. The molecule has 78 valence electrons. The lowest BCUT2D eigenvalue weighted by Gasteiger charge is -1.94. The second-order valence-corrected chi connectivity index (χ2v) is 4.30. The fraction of sp³-hybridized carbons (Fsp3) is 0.125. The average Bonchev–Trinajstić information content (AvgIpc) is 3.11. The summed E-state index contributed by atoms with van der Waals surface area (Å²) < 4.78 is 0. The van der Waals surface area contributed by atoms with Crippen LogP contribution in [0.2, 0.25) is 0 Å². The Morgan fingerprint density at radius 3 is 2.12 bits per heavy atom. The van der Waals surface area contributed by atoms with Gasteiger partial charge in [0.05, 0.1) is 0 Å². The summed E-state index contributed by atoms with van der Waals surface area (Å²) in [6.45, 7) is 0. The maximum atomic E-state index is 2.32. The predicted octanol–water partition coefficient (Wildman–Crippen LogP) is 4.26. The van der Waals surface area contributed by atoms with Gasteiger partial charge in [0.15, 0.2) is 0 Å². The molecule has 1 fully saturated rings. The molecule has 0 bridgehead atoms. The SMILES string of the molecule is C(=C1/CC1c1ccccc1)/c1ccccc1. The smallest absolute Gasteiger partial charge is 0.00893 e. The summed E-state index contributed by atoms with van der Waals surface area (Å²) >= 11 is 0. The van der Waals surface area contributed by atoms with Crippen molar-refractivity contribution in [3.63, 3.8) is 0 Å². The summed E-state index contributed by atoms with van der Waals surface area (Å²) in [4.78, 5) is 0. The molecule has 1 aliphatic carbocycles. The molecule has 0 aliphatic heterocycles. The van der Waals surface area contributed by atoms with E-state index in [1.54, 1.807) is 5.57 Å². The van der Waals surface area contributed by atoms with Gasteiger partial charge in [-0.2, -0.15) is 0 Å². The summed E-state index contributed by atoms with van der Waals surface area (Å²) in [5, 5.41) is 0. The number of hydrogen-bond donors (Lipinski definition) is 0. The van der Waals surface area contributed by atoms with Crippen LogP contribution in [-0.2, 0) is 0 Å². The van der Waals surface area contributed by atoms with Crippen molar-refractivity contribution in [1.82, 2.24) is 0 Å². The Kier molecular flexibility index (Phi) is 2.34. The average molecular weight is 206 g/mol. The normalized spacial score (nSPS) is 21.0. The van der Waals surface area contributed by atoms with E-state index in [9.17, 15) is 0 Å². The van der Waals surface area contributed by atoms with Crippen LogP contribution in [0.5, 0.6) is 0 Å². The molecular formula is C16H14. The first-order valence-corrected chi connectivity index (χ1v) is 5.74. The zero-order chi connectivity index (χ0) is 10.8. The van der Waals surface area contributed by atoms with Gasteiger partial charge in [0.1, 0.15) is 0 Å². The maximum absolute atomic E-state index is 2.32. The molecule has 2 aromatic rings. The minimum absolute atomic E-state index is 0.668. The molecule has 0 N–H and O–H groups in total. The van der Waals surface area contributed by atoms with Gasteiger partial charge in [-0.1, -0.05) is 72.3 Å². The van der Waals surface area contributed by atoms with Crippen LogP contribution in [0.15, 0.2) is 66.2 Å². The van der Waals surface area contributed by atoms with Crippen molar-refractivity contribution in [1.29, 1.82) is 0 Å². The van der Waals surface area contributed by atoms with Crippen molar-refractivity contribution in [2.75, 3.05) is 0 Å². The van der Waals surface area contributed by atoms with E-state index in [-0.39, 0.29) is 0 Å². The van der Waals surface area contributed by atoms with Crippen LogP contribution in [-0.4, -0.2) is 0 Å². The van der Waals surface area contributed by atoms with Gasteiger partial charge in [-0.15, -0.1) is 0 Å². The van der Waals surface area contributed by atoms with Crippen LogP contribution in [0, 0.1) is 0 Å². The first-order valence-electron chi connectivity index (χ1n) is 5.74. The third-order valence-corrected chi connectivity index (χ3v) is 3.08. The predicted molar refractivity (Wildman–Crippen MR) is 68.2 cm³/mol. The topological polar surface area (TPSA) is 0 Å². The van der Waals surface area contributed by atoms with Gasteiger partial charge in [-0.25, -0.2) is 0 Å². The Bertz CT molecular complexity index is 494. The lowest BCUT2D eigenvalue weighted by atomic mass is 10.1. The fourth-order valence-electron chi connectivity index (χ4n) is 2.12. The van der Waals surface area contributed by atoms with E-state index in [0.29, 0.717) is 5.92 Å². The number of hydrogen-bond acceptors (Lipinski definition) is 0. The van der Waals surface area contributed by atoms with E-state index < -0.39 is 0 Å². The van der Waals surface area contributed by atoms with E-state index in [0.717, 1.165) is 0 Å². The molecule has 0 radical (unpaired) electrons. The third-order valence-electron chi connectivity index (χ3n) is 3.08. The molecule has 1 saturated carbocycles. The monoisotopic (exact) mass is 206 g/mol. The minimum atomic E-state index is 0.668. The van der Waals surface area contributed by atoms with Crippen LogP contribution >= 0.6 is 0 Å². The van der Waals surface area contributed by atoms with Gasteiger partial charge in [0.2, 0.25) is 0 Å². The Morgan fingerprint density at radius 1 is 0.812 bits per heavy atom. The largest absolute Gasteiger partial charge is 0.0622 e. The number of benzene rings is 2. The van der Waals surface area contributed by atoms with Crippen molar-refractivity contribution in [3.8, 4) is 0 Å². The second-order valence-electron chi connectivity index (χ2n) is 4.30. The van der Waals surface area contributed by atoms with Gasteiger partial charge in [0.25, 0.3) is 0 Å². The Balaban J connectivity index is 1.80. The molecule has 0 aromatic heterocycles. The third kappa shape index (κ3) is 1.92. The van der Waals surface area contributed by atoms with Gasteiger partial charge in [0, 0.05) is 5.92 Å². The maximum Gasteiger partial charge on any atom is 0.00893 e. The molecule has 1 atom stereocenters. The Morgan fingerprint density at radius 2 is 1.44 bits per heavy atom. The van der Waals surface area contributed by atoms with Crippen molar-refractivity contribution < 1.29 is 0 Å². The first-order chi connectivity index (χ1) is 7.93. The van der Waals surface area contributed by atoms with E-state index in [4.69, 9.17) is 0 Å². The highest BCUT2D eigenvalue weighted by Gasteiger charge is 2.30. The van der Waals surface area contributed by atoms with Crippen LogP contribution < -0.4 is 0 Å². The number of allylic oxidation sites excluding steroid dienone is 1. The summed E-state index contributed by atoms with van der Waals surface area (Å²) in [5.74, 6) is 0.668. The zero-order valence-electron chi connectivity index (χ0n) is 9.14. The van der Waals surface area contributed by atoms with Crippen LogP contribution in [0.1, 0.15) is 23.5 Å². The van der Waals surface area contributed by atoms with Crippen LogP contribution in [0.3, 0.4) is 0 Å². The molecule has 0 amide bonds. The lowest BCUT2D eigenvalue weighted by Crippen LogP contribution is -1.76. The van der Waals surface area contributed by atoms with Crippen molar-refractivity contribution in [2.24, 2.45) is 0 Å². The van der Waals surface area contributed by atoms with Gasteiger partial charge in [-0.3, -0.25) is 0 Å². The Labute approximate surface area is 96.3 Å². The highest BCUT2D eigenvalue weighted by Crippen LogP contribution is 2.47. The van der Waals surface area contributed by atoms with Gasteiger partial charge < -0.3 is 0 Å². The quantitative estimate of drug-likeness (QED) is 0.688. The highest BCUT2D eigenvalue weighted by molar-refractivity contribution is 5.61. The molecule has 1 unspecified atom stereocenters.